The summed E-state index contributed by atoms with van der Waals surface area (Å²) in [6.07, 6.45) is 9.88. The van der Waals surface area contributed by atoms with E-state index in [4.69, 9.17) is 0 Å². The molecule has 0 aromatic heterocycles. The van der Waals surface area contributed by atoms with E-state index in [2.05, 4.69) is 21.7 Å². The molecule has 2 atom stereocenters. The fourth-order valence-corrected chi connectivity index (χ4v) is 6.10. The number of aliphatic hydroxyl groups is 1. The van der Waals surface area contributed by atoms with Crippen LogP contribution in [0.15, 0.2) is 0 Å². The standard InChI is InChI=1S/C22H40N4O2/c1-23-14-16-24(17-15-23)19-8-13-25(18-20(19)27)21(28)22(9-4-2-5-10-22)26-11-6-3-7-12-26/h19-20,27H,2-18H2,1H3/t19-,20-/m1/s1. The zero-order valence-corrected chi connectivity index (χ0v) is 17.8. The molecule has 160 valence electrons. The van der Waals surface area contributed by atoms with Gasteiger partial charge in [-0.05, 0) is 52.2 Å². The number of nitrogens with zero attached hydrogens (tertiary/aromatic N) is 4. The molecule has 3 saturated heterocycles. The van der Waals surface area contributed by atoms with Gasteiger partial charge in [0.1, 0.15) is 5.54 Å². The highest BCUT2D eigenvalue weighted by atomic mass is 16.3. The predicted molar refractivity (Wildman–Crippen MR) is 111 cm³/mol. The fourth-order valence-electron chi connectivity index (χ4n) is 6.10. The molecule has 4 rings (SSSR count). The minimum absolute atomic E-state index is 0.218. The Labute approximate surface area is 170 Å². The molecule has 4 fully saturated rings. The Morgan fingerprint density at radius 2 is 1.50 bits per heavy atom. The SMILES string of the molecule is CN1CCN([C@@H]2CCN(C(=O)C3(N4CCCCC4)CCCCC3)C[C@H]2O)CC1. The Bertz CT molecular complexity index is 523. The summed E-state index contributed by atoms with van der Waals surface area (Å²) in [6, 6.07) is 0.218. The summed E-state index contributed by atoms with van der Waals surface area (Å²) >= 11 is 0. The molecule has 1 amide bonds. The number of carbonyl (C=O) groups is 1. The topological polar surface area (TPSA) is 50.3 Å². The first-order valence-corrected chi connectivity index (χ1v) is 11.8. The van der Waals surface area contributed by atoms with Crippen LogP contribution in [0, 0.1) is 0 Å². The number of hydrogen-bond donors (Lipinski definition) is 1. The number of likely N-dealkylation sites (N-methyl/N-ethyl adjacent to an activating group) is 1. The van der Waals surface area contributed by atoms with Crippen molar-refractivity contribution < 1.29 is 9.90 Å². The molecule has 1 N–H and O–H groups in total. The monoisotopic (exact) mass is 392 g/mol. The number of likely N-dealkylation sites (tertiary alicyclic amines) is 2. The molecule has 0 radical (unpaired) electrons. The number of rotatable bonds is 3. The molecule has 28 heavy (non-hydrogen) atoms. The van der Waals surface area contributed by atoms with Gasteiger partial charge in [-0.15, -0.1) is 0 Å². The normalized spacial score (nSPS) is 33.7. The molecule has 1 aliphatic carbocycles. The Morgan fingerprint density at radius 3 is 2.14 bits per heavy atom. The van der Waals surface area contributed by atoms with E-state index in [1.54, 1.807) is 0 Å². The van der Waals surface area contributed by atoms with E-state index >= 15 is 0 Å². The van der Waals surface area contributed by atoms with Crippen LogP contribution in [0.25, 0.3) is 0 Å². The molecule has 3 heterocycles. The average molecular weight is 393 g/mol. The van der Waals surface area contributed by atoms with E-state index in [1.807, 2.05) is 4.90 Å². The zero-order chi connectivity index (χ0) is 19.6. The van der Waals surface area contributed by atoms with Gasteiger partial charge in [0.25, 0.3) is 0 Å². The van der Waals surface area contributed by atoms with Crippen LogP contribution in [-0.4, -0.2) is 108 Å². The van der Waals surface area contributed by atoms with E-state index in [0.717, 1.165) is 65.1 Å². The second-order valence-corrected chi connectivity index (χ2v) is 9.65. The van der Waals surface area contributed by atoms with Gasteiger partial charge in [-0.3, -0.25) is 14.6 Å². The van der Waals surface area contributed by atoms with Gasteiger partial charge in [0.2, 0.25) is 5.91 Å². The molecule has 6 nitrogen and oxygen atoms in total. The number of piperidine rings is 2. The first-order chi connectivity index (χ1) is 13.6. The summed E-state index contributed by atoms with van der Waals surface area (Å²) in [5.41, 5.74) is -0.279. The number of carbonyl (C=O) groups excluding carboxylic acids is 1. The molecular formula is C22H40N4O2. The summed E-state index contributed by atoms with van der Waals surface area (Å²) in [6.45, 7) is 7.69. The maximum Gasteiger partial charge on any atom is 0.243 e. The third kappa shape index (κ3) is 4.11. The van der Waals surface area contributed by atoms with Gasteiger partial charge >= 0.3 is 0 Å². The third-order valence-electron chi connectivity index (χ3n) is 7.88. The zero-order valence-electron chi connectivity index (χ0n) is 17.8. The predicted octanol–water partition coefficient (Wildman–Crippen LogP) is 1.38. The second kappa shape index (κ2) is 8.99. The van der Waals surface area contributed by atoms with Crippen molar-refractivity contribution in [2.45, 2.75) is 75.5 Å². The molecule has 0 bridgehead atoms. The van der Waals surface area contributed by atoms with Crippen molar-refractivity contribution in [3.63, 3.8) is 0 Å². The molecule has 0 aromatic carbocycles. The Kier molecular flexibility index (Phi) is 6.60. The fraction of sp³-hybridized carbons (Fsp3) is 0.955. The minimum atomic E-state index is -0.414. The van der Waals surface area contributed by atoms with Crippen LogP contribution in [0.3, 0.4) is 0 Å². The lowest BCUT2D eigenvalue weighted by molar-refractivity contribution is -0.153. The van der Waals surface area contributed by atoms with E-state index in [1.165, 1.54) is 38.5 Å². The Hall–Kier alpha value is -0.690. The summed E-state index contributed by atoms with van der Waals surface area (Å²) in [4.78, 5) is 23.2. The van der Waals surface area contributed by atoms with Crippen molar-refractivity contribution in [3.05, 3.63) is 0 Å². The molecular weight excluding hydrogens is 352 g/mol. The third-order valence-corrected chi connectivity index (χ3v) is 7.88. The highest BCUT2D eigenvalue weighted by Crippen LogP contribution is 2.38. The largest absolute Gasteiger partial charge is 0.390 e. The highest BCUT2D eigenvalue weighted by molar-refractivity contribution is 5.86. The Balaban J connectivity index is 1.42. The number of hydrogen-bond acceptors (Lipinski definition) is 5. The lowest BCUT2D eigenvalue weighted by Crippen LogP contribution is -2.65. The lowest BCUT2D eigenvalue weighted by atomic mass is 9.77. The minimum Gasteiger partial charge on any atom is -0.390 e. The summed E-state index contributed by atoms with van der Waals surface area (Å²) in [7, 11) is 2.17. The van der Waals surface area contributed by atoms with E-state index in [0.29, 0.717) is 12.5 Å². The van der Waals surface area contributed by atoms with Crippen molar-refractivity contribution >= 4 is 5.91 Å². The smallest absolute Gasteiger partial charge is 0.243 e. The molecule has 4 aliphatic rings. The van der Waals surface area contributed by atoms with Crippen molar-refractivity contribution in [3.8, 4) is 0 Å². The average Bonchev–Trinajstić information content (AvgIpc) is 2.75. The van der Waals surface area contributed by atoms with Crippen LogP contribution in [0.1, 0.15) is 57.8 Å². The van der Waals surface area contributed by atoms with Gasteiger partial charge in [-0.2, -0.15) is 0 Å². The van der Waals surface area contributed by atoms with Gasteiger partial charge in [0.15, 0.2) is 0 Å². The van der Waals surface area contributed by atoms with E-state index < -0.39 is 6.10 Å². The van der Waals surface area contributed by atoms with Crippen LogP contribution >= 0.6 is 0 Å². The van der Waals surface area contributed by atoms with Crippen molar-refractivity contribution in [2.75, 3.05) is 59.4 Å². The molecule has 3 aliphatic heterocycles. The second-order valence-electron chi connectivity index (χ2n) is 9.65. The molecule has 1 saturated carbocycles. The van der Waals surface area contributed by atoms with Crippen LogP contribution < -0.4 is 0 Å². The van der Waals surface area contributed by atoms with Gasteiger partial charge in [0.05, 0.1) is 6.10 Å². The summed E-state index contributed by atoms with van der Waals surface area (Å²) in [5, 5.41) is 10.9. The van der Waals surface area contributed by atoms with Gasteiger partial charge in [-0.1, -0.05) is 25.7 Å². The van der Waals surface area contributed by atoms with Crippen LogP contribution in [0.4, 0.5) is 0 Å². The Morgan fingerprint density at radius 1 is 0.857 bits per heavy atom. The quantitative estimate of drug-likeness (QED) is 0.787. The van der Waals surface area contributed by atoms with Crippen LogP contribution in [-0.2, 0) is 4.79 Å². The van der Waals surface area contributed by atoms with Crippen molar-refractivity contribution in [1.29, 1.82) is 0 Å². The van der Waals surface area contributed by atoms with Gasteiger partial charge in [0, 0.05) is 45.3 Å². The summed E-state index contributed by atoms with van der Waals surface area (Å²) in [5.74, 6) is 0.324. The molecule has 6 heteroatoms. The highest BCUT2D eigenvalue weighted by Gasteiger charge is 2.48. The van der Waals surface area contributed by atoms with Crippen LogP contribution in [0.5, 0.6) is 0 Å². The maximum absolute atomic E-state index is 13.8. The van der Waals surface area contributed by atoms with E-state index in [9.17, 15) is 9.90 Å². The lowest BCUT2D eigenvalue weighted by Gasteiger charge is -2.51. The van der Waals surface area contributed by atoms with E-state index in [-0.39, 0.29) is 11.6 Å². The van der Waals surface area contributed by atoms with Gasteiger partial charge in [-0.25, -0.2) is 0 Å². The molecule has 0 spiro atoms. The van der Waals surface area contributed by atoms with Crippen molar-refractivity contribution in [2.24, 2.45) is 0 Å². The van der Waals surface area contributed by atoms with Gasteiger partial charge < -0.3 is 14.9 Å². The first kappa shape index (κ1) is 20.6. The van der Waals surface area contributed by atoms with Crippen molar-refractivity contribution in [1.82, 2.24) is 19.6 Å². The molecule has 0 unspecified atom stereocenters. The number of amides is 1. The molecule has 0 aromatic rings. The number of piperazine rings is 1. The first-order valence-electron chi connectivity index (χ1n) is 11.8. The number of β-amino-alcohol motifs (C(OH)–C–C–N with tert-alkyl or cyclic N) is 1. The van der Waals surface area contributed by atoms with Crippen LogP contribution in [0.2, 0.25) is 0 Å². The maximum atomic E-state index is 13.8. The number of aliphatic hydroxyl groups excluding tert-OH is 1. The summed E-state index contributed by atoms with van der Waals surface area (Å²) < 4.78 is 0.